The maximum Gasteiger partial charge on any atom is 0.309 e. The van der Waals surface area contributed by atoms with Crippen LogP contribution in [0.3, 0.4) is 0 Å². The first-order chi connectivity index (χ1) is 14.9. The molecule has 0 heterocycles. The minimum Gasteiger partial charge on any atom is -0.711 e. The van der Waals surface area contributed by atoms with Crippen LogP contribution in [0.1, 0.15) is 41.5 Å². The zero-order valence-corrected chi connectivity index (χ0v) is 17.4. The van der Waals surface area contributed by atoms with Crippen molar-refractivity contribution in [2.24, 2.45) is 11.0 Å². The number of aromatic hydroxyl groups is 1. The Bertz CT molecular complexity index is 1150. The first-order valence-electron chi connectivity index (χ1n) is 9.98. The molecule has 10 nitrogen and oxygen atoms in total. The molecular weight excluding hydrogens is 420 g/mol. The lowest BCUT2D eigenvalue weighted by Crippen LogP contribution is -2.61. The molecule has 0 saturated carbocycles. The molecule has 0 aromatic heterocycles. The van der Waals surface area contributed by atoms with E-state index in [1.54, 1.807) is 13.8 Å². The van der Waals surface area contributed by atoms with Crippen LogP contribution in [0.15, 0.2) is 45.6 Å². The van der Waals surface area contributed by atoms with Crippen LogP contribution in [0.2, 0.25) is 0 Å². The summed E-state index contributed by atoms with van der Waals surface area (Å²) in [6.45, 7) is 4.20. The quantitative estimate of drug-likeness (QED) is 0.394. The number of aliphatic hydroxyl groups is 3. The summed E-state index contributed by atoms with van der Waals surface area (Å²) >= 11 is 0. The fourth-order valence-corrected chi connectivity index (χ4v) is 4.55. The highest BCUT2D eigenvalue weighted by molar-refractivity contribution is 6.31. The Morgan fingerprint density at radius 2 is 1.84 bits per heavy atom. The number of rotatable bonds is 3. The number of ether oxygens (including phenoxy) is 1. The van der Waals surface area contributed by atoms with Crippen LogP contribution in [0.4, 0.5) is 0 Å². The molecule has 1 aromatic carbocycles. The van der Waals surface area contributed by atoms with Gasteiger partial charge in [-0.1, -0.05) is 26.0 Å². The largest absolute Gasteiger partial charge is 0.711 e. The molecule has 1 aromatic rings. The van der Waals surface area contributed by atoms with Crippen LogP contribution in [0.5, 0.6) is 5.75 Å². The second-order valence-electron chi connectivity index (χ2n) is 8.62. The average molecular weight is 441 g/mol. The number of benzene rings is 1. The Morgan fingerprint density at radius 3 is 2.44 bits per heavy atom. The number of fused-ring (bicyclic) bond motifs is 2. The zero-order chi connectivity index (χ0) is 23.7. The number of hydrogen-bond donors (Lipinski definition) is 4. The highest BCUT2D eigenvalue weighted by atomic mass is 16.6. The standard InChI is InChI=1S/C22H21N2O8/c1-7(2)21(30)32-20-14-12(18(28)19(29)22(20,3)31)11-13(15(14)24-23)17(27)10-8(16(11)26)5-4-6-9(10)25/h4-7,15,18-20,25,28-29,31H,1-3H3/q-1. The summed E-state index contributed by atoms with van der Waals surface area (Å²) in [5.74, 6) is -3.40. The van der Waals surface area contributed by atoms with Crippen molar-refractivity contribution in [3.63, 3.8) is 0 Å². The molecule has 0 amide bonds. The van der Waals surface area contributed by atoms with Crippen molar-refractivity contribution in [2.75, 3.05) is 0 Å². The Labute approximate surface area is 182 Å². The third kappa shape index (κ3) is 2.73. The maximum atomic E-state index is 13.3. The van der Waals surface area contributed by atoms with E-state index in [1.807, 2.05) is 0 Å². The molecule has 10 heteroatoms. The summed E-state index contributed by atoms with van der Waals surface area (Å²) in [5.41, 5.74) is 6.09. The Morgan fingerprint density at radius 1 is 1.19 bits per heavy atom. The Kier molecular flexibility index (Phi) is 4.92. The number of phenols is 1. The van der Waals surface area contributed by atoms with Gasteiger partial charge >= 0.3 is 5.97 Å². The molecule has 3 aliphatic carbocycles. The summed E-state index contributed by atoms with van der Waals surface area (Å²) in [4.78, 5) is 39.0. The van der Waals surface area contributed by atoms with Crippen LogP contribution >= 0.6 is 0 Å². The number of esters is 1. The van der Waals surface area contributed by atoms with Crippen molar-refractivity contribution < 1.29 is 39.5 Å². The van der Waals surface area contributed by atoms with E-state index in [1.165, 1.54) is 18.2 Å². The molecule has 4 N–H and O–H groups in total. The van der Waals surface area contributed by atoms with Crippen LogP contribution in [-0.2, 0) is 9.53 Å². The van der Waals surface area contributed by atoms with Gasteiger partial charge in [0.25, 0.3) is 0 Å². The average Bonchev–Trinajstić information content (AvgIpc) is 3.08. The van der Waals surface area contributed by atoms with Crippen LogP contribution < -0.4 is 0 Å². The number of aliphatic hydroxyl groups excluding tert-OH is 2. The smallest absolute Gasteiger partial charge is 0.309 e. The van der Waals surface area contributed by atoms with Gasteiger partial charge in [0.1, 0.15) is 23.6 Å². The van der Waals surface area contributed by atoms with Gasteiger partial charge in [-0.25, -0.2) is 0 Å². The maximum absolute atomic E-state index is 13.3. The minimum atomic E-state index is -2.23. The van der Waals surface area contributed by atoms with Crippen molar-refractivity contribution >= 4 is 17.5 Å². The number of ketones is 2. The van der Waals surface area contributed by atoms with Gasteiger partial charge in [0.05, 0.1) is 17.5 Å². The predicted octanol–water partition coefficient (Wildman–Crippen LogP) is 0.822. The number of carbonyl (C=O) groups excluding carboxylic acids is 3. The molecule has 0 saturated heterocycles. The molecule has 3 aliphatic rings. The second-order valence-corrected chi connectivity index (χ2v) is 8.62. The number of Topliss-reactive ketones (excluding diaryl/α,β-unsaturated/α-hetero) is 2. The fourth-order valence-electron chi connectivity index (χ4n) is 4.55. The zero-order valence-electron chi connectivity index (χ0n) is 17.4. The lowest BCUT2D eigenvalue weighted by Gasteiger charge is -2.45. The second kappa shape index (κ2) is 7.16. The molecule has 32 heavy (non-hydrogen) atoms. The van der Waals surface area contributed by atoms with Gasteiger partial charge in [0.2, 0.25) is 0 Å². The molecule has 0 radical (unpaired) electrons. The molecule has 0 aliphatic heterocycles. The number of carbonyl (C=O) groups is 3. The van der Waals surface area contributed by atoms with Gasteiger partial charge in [-0.05, 0) is 13.0 Å². The highest BCUT2D eigenvalue weighted by Crippen LogP contribution is 2.51. The van der Waals surface area contributed by atoms with Gasteiger partial charge < -0.3 is 35.8 Å². The van der Waals surface area contributed by atoms with E-state index in [9.17, 15) is 40.3 Å². The minimum absolute atomic E-state index is 0.131. The summed E-state index contributed by atoms with van der Waals surface area (Å²) in [6, 6.07) is 2.34. The van der Waals surface area contributed by atoms with E-state index in [-0.39, 0.29) is 33.4 Å². The third-order valence-corrected chi connectivity index (χ3v) is 6.23. The number of nitrogens with zero attached hydrogens (tertiary/aromatic N) is 2. The Balaban J connectivity index is 1.97. The number of hydrogen-bond acceptors (Lipinski definition) is 9. The number of phenolic OH excluding ortho intramolecular Hbond substituents is 1. The van der Waals surface area contributed by atoms with Crippen LogP contribution in [0, 0.1) is 5.92 Å². The topological polar surface area (TPSA) is 176 Å². The summed E-state index contributed by atoms with van der Waals surface area (Å²) in [5, 5.41) is 45.8. The van der Waals surface area contributed by atoms with Crippen molar-refractivity contribution in [1.29, 1.82) is 0 Å². The highest BCUT2D eigenvalue weighted by Gasteiger charge is 2.59. The third-order valence-electron chi connectivity index (χ3n) is 6.23. The van der Waals surface area contributed by atoms with E-state index < -0.39 is 59.2 Å². The van der Waals surface area contributed by atoms with E-state index in [2.05, 4.69) is 5.11 Å². The van der Waals surface area contributed by atoms with Gasteiger partial charge in [0, 0.05) is 27.9 Å². The molecule has 0 spiro atoms. The lowest BCUT2D eigenvalue weighted by molar-refractivity contribution is -0.189. The van der Waals surface area contributed by atoms with E-state index in [0.29, 0.717) is 0 Å². The van der Waals surface area contributed by atoms with Crippen molar-refractivity contribution in [1.82, 2.24) is 0 Å². The lowest BCUT2D eigenvalue weighted by atomic mass is 9.73. The molecule has 0 bridgehead atoms. The Hall–Kier alpha value is -3.21. The summed E-state index contributed by atoms with van der Waals surface area (Å²) in [6.07, 6.45) is -5.37. The predicted molar refractivity (Wildman–Crippen MR) is 108 cm³/mol. The van der Waals surface area contributed by atoms with Gasteiger partial charge in [-0.15, -0.1) is 0 Å². The van der Waals surface area contributed by atoms with Crippen molar-refractivity contribution in [2.45, 2.75) is 50.7 Å². The van der Waals surface area contributed by atoms with Crippen molar-refractivity contribution in [3.8, 4) is 5.75 Å². The SMILES string of the molecule is CC(C)C(=O)OC1C2=C(C3=C(C(=O)c4c(O)cccc4C3=O)C2N=[N-])C(O)C(O)C1(C)O. The monoisotopic (exact) mass is 441 g/mol. The first-order valence-corrected chi connectivity index (χ1v) is 9.98. The molecular formula is C22H21N2O8-. The molecule has 4 rings (SSSR count). The molecule has 5 atom stereocenters. The van der Waals surface area contributed by atoms with E-state index in [4.69, 9.17) is 4.74 Å². The summed E-state index contributed by atoms with van der Waals surface area (Å²) in [7, 11) is 0. The van der Waals surface area contributed by atoms with Gasteiger partial charge in [-0.2, -0.15) is 0 Å². The molecule has 0 fully saturated rings. The van der Waals surface area contributed by atoms with Crippen molar-refractivity contribution in [3.05, 3.63) is 57.1 Å². The normalized spacial score (nSPS) is 31.5. The van der Waals surface area contributed by atoms with E-state index >= 15 is 0 Å². The summed E-state index contributed by atoms with van der Waals surface area (Å²) < 4.78 is 5.42. The van der Waals surface area contributed by atoms with Crippen LogP contribution in [0.25, 0.3) is 5.53 Å². The van der Waals surface area contributed by atoms with E-state index in [0.717, 1.165) is 6.92 Å². The van der Waals surface area contributed by atoms with Crippen LogP contribution in [-0.4, -0.2) is 67.9 Å². The molecule has 5 unspecified atom stereocenters. The fraction of sp³-hybridized carbons (Fsp3) is 0.409. The van der Waals surface area contributed by atoms with Gasteiger partial charge in [0.15, 0.2) is 17.7 Å². The van der Waals surface area contributed by atoms with Gasteiger partial charge in [-0.3, -0.25) is 14.4 Å². The molecule has 168 valence electrons. The first kappa shape index (κ1) is 22.0.